The number of ether oxygens (including phenoxy) is 2. The van der Waals surface area contributed by atoms with Crippen LogP contribution in [0.3, 0.4) is 0 Å². The lowest BCUT2D eigenvalue weighted by Gasteiger charge is -2.27. The summed E-state index contributed by atoms with van der Waals surface area (Å²) in [4.78, 5) is 24.4. The lowest BCUT2D eigenvalue weighted by molar-refractivity contribution is 0.0332. The molecule has 2 aromatic carbocycles. The van der Waals surface area contributed by atoms with Crippen LogP contribution in [0.15, 0.2) is 54.6 Å². The van der Waals surface area contributed by atoms with E-state index in [4.69, 9.17) is 19.4 Å². The molecule has 1 aliphatic rings. The van der Waals surface area contributed by atoms with Gasteiger partial charge in [-0.25, -0.2) is 14.8 Å². The number of para-hydroxylation sites is 1. The number of hydrogen-bond acceptors (Lipinski definition) is 7. The summed E-state index contributed by atoms with van der Waals surface area (Å²) < 4.78 is 11.5. The van der Waals surface area contributed by atoms with Crippen LogP contribution in [0.1, 0.15) is 26.0 Å². The summed E-state index contributed by atoms with van der Waals surface area (Å²) in [5, 5.41) is 9.09. The van der Waals surface area contributed by atoms with Crippen LogP contribution in [0.5, 0.6) is 5.75 Å². The number of urea groups is 1. The van der Waals surface area contributed by atoms with Crippen LogP contribution in [0.2, 0.25) is 0 Å². The van der Waals surface area contributed by atoms with Gasteiger partial charge in [0, 0.05) is 43.1 Å². The van der Waals surface area contributed by atoms with E-state index in [1.165, 1.54) is 0 Å². The Labute approximate surface area is 212 Å². The maximum Gasteiger partial charge on any atom is 0.323 e. The molecule has 1 saturated heterocycles. The molecule has 190 valence electrons. The van der Waals surface area contributed by atoms with Crippen molar-refractivity contribution in [2.75, 3.05) is 55.4 Å². The van der Waals surface area contributed by atoms with E-state index in [9.17, 15) is 4.79 Å². The summed E-state index contributed by atoms with van der Waals surface area (Å²) in [6.45, 7) is 9.21. The van der Waals surface area contributed by atoms with Crippen LogP contribution < -0.4 is 20.7 Å². The van der Waals surface area contributed by atoms with Gasteiger partial charge in [-0.15, -0.1) is 0 Å². The zero-order valence-corrected chi connectivity index (χ0v) is 20.9. The lowest BCUT2D eigenvalue weighted by Crippen LogP contribution is -2.36. The third-order valence-electron chi connectivity index (χ3n) is 5.68. The van der Waals surface area contributed by atoms with E-state index in [0.717, 1.165) is 56.2 Å². The minimum atomic E-state index is -0.301. The van der Waals surface area contributed by atoms with Crippen LogP contribution in [-0.2, 0) is 11.3 Å². The average molecular weight is 491 g/mol. The molecule has 1 aliphatic heterocycles. The summed E-state index contributed by atoms with van der Waals surface area (Å²) in [6.07, 6.45) is 0.967. The maximum absolute atomic E-state index is 12.3. The molecule has 9 heteroatoms. The van der Waals surface area contributed by atoms with Crippen molar-refractivity contribution in [3.63, 3.8) is 0 Å². The summed E-state index contributed by atoms with van der Waals surface area (Å²) in [7, 11) is 0. The van der Waals surface area contributed by atoms with Crippen molar-refractivity contribution in [2.24, 2.45) is 0 Å². The van der Waals surface area contributed by atoms with Gasteiger partial charge in [-0.3, -0.25) is 4.90 Å². The summed E-state index contributed by atoms with van der Waals surface area (Å²) in [5.74, 6) is 2.02. The fourth-order valence-electron chi connectivity index (χ4n) is 3.88. The number of aromatic nitrogens is 2. The van der Waals surface area contributed by atoms with Gasteiger partial charge in [0.15, 0.2) is 17.4 Å². The number of amides is 2. The summed E-state index contributed by atoms with van der Waals surface area (Å²) in [5.41, 5.74) is 3.12. The summed E-state index contributed by atoms with van der Waals surface area (Å²) >= 11 is 0. The molecule has 0 bridgehead atoms. The second-order valence-electron chi connectivity index (χ2n) is 8.44. The largest absolute Gasteiger partial charge is 0.488 e. The Morgan fingerprint density at radius 3 is 2.33 bits per heavy atom. The molecule has 0 atom stereocenters. The summed E-state index contributed by atoms with van der Waals surface area (Å²) in [6, 6.07) is 16.5. The molecule has 0 spiro atoms. The minimum Gasteiger partial charge on any atom is -0.488 e. The number of hydrogen-bond donors (Lipinski definition) is 3. The Morgan fingerprint density at radius 1 is 0.972 bits per heavy atom. The van der Waals surface area contributed by atoms with E-state index in [1.54, 1.807) is 0 Å². The van der Waals surface area contributed by atoms with Crippen LogP contribution >= 0.6 is 0 Å². The fourth-order valence-corrected chi connectivity index (χ4v) is 3.88. The van der Waals surface area contributed by atoms with Crippen LogP contribution in [-0.4, -0.2) is 60.4 Å². The first kappa shape index (κ1) is 25.4. The van der Waals surface area contributed by atoms with E-state index in [0.29, 0.717) is 36.2 Å². The van der Waals surface area contributed by atoms with Gasteiger partial charge in [0.2, 0.25) is 0 Å². The minimum absolute atomic E-state index is 0.301. The topological polar surface area (TPSA) is 101 Å². The third-order valence-corrected chi connectivity index (χ3v) is 5.68. The number of rotatable bonds is 10. The van der Waals surface area contributed by atoms with E-state index in [2.05, 4.69) is 27.8 Å². The molecule has 2 heterocycles. The number of carbonyl (C=O) groups excluding carboxylic acids is 1. The standard InChI is InChI=1S/C27H34N6O3/c1-3-14-28-26-24(36-4-2)23(19-33-15-17-35-18-16-33)31-25(32-26)20-10-12-22(13-11-20)30-27(34)29-21-8-6-5-7-9-21/h5-13H,3-4,14-19H2,1-2H3,(H,28,31,32)(H2,29,30,34). The molecule has 1 aromatic heterocycles. The van der Waals surface area contributed by atoms with Crippen molar-refractivity contribution in [2.45, 2.75) is 26.8 Å². The van der Waals surface area contributed by atoms with Gasteiger partial charge in [-0.05, 0) is 49.7 Å². The SMILES string of the molecule is CCCNc1nc(-c2ccc(NC(=O)Nc3ccccc3)cc2)nc(CN2CCOCC2)c1OCC. The van der Waals surface area contributed by atoms with Crippen molar-refractivity contribution in [1.82, 2.24) is 14.9 Å². The highest BCUT2D eigenvalue weighted by Gasteiger charge is 2.20. The smallest absolute Gasteiger partial charge is 0.323 e. The fraction of sp³-hybridized carbons (Fsp3) is 0.370. The Balaban J connectivity index is 1.55. The van der Waals surface area contributed by atoms with E-state index in [1.807, 2.05) is 61.5 Å². The first-order valence-electron chi connectivity index (χ1n) is 12.5. The van der Waals surface area contributed by atoms with Gasteiger partial charge >= 0.3 is 6.03 Å². The van der Waals surface area contributed by atoms with Crippen molar-refractivity contribution in [3.8, 4) is 17.1 Å². The predicted molar refractivity (Wildman–Crippen MR) is 143 cm³/mol. The molecule has 3 aromatic rings. The number of nitrogens with one attached hydrogen (secondary N) is 3. The molecule has 36 heavy (non-hydrogen) atoms. The molecule has 3 N–H and O–H groups in total. The Bertz CT molecular complexity index is 1120. The predicted octanol–water partition coefficient (Wildman–Crippen LogP) is 4.84. The maximum atomic E-state index is 12.3. The van der Waals surface area contributed by atoms with Gasteiger partial charge < -0.3 is 25.4 Å². The Kier molecular flexibility index (Phi) is 9.07. The second-order valence-corrected chi connectivity index (χ2v) is 8.44. The van der Waals surface area contributed by atoms with Gasteiger partial charge in [-0.2, -0.15) is 0 Å². The van der Waals surface area contributed by atoms with Crippen LogP contribution in [0, 0.1) is 0 Å². The van der Waals surface area contributed by atoms with Crippen LogP contribution in [0.25, 0.3) is 11.4 Å². The highest BCUT2D eigenvalue weighted by Crippen LogP contribution is 2.31. The highest BCUT2D eigenvalue weighted by molar-refractivity contribution is 5.99. The highest BCUT2D eigenvalue weighted by atomic mass is 16.5. The normalized spacial score (nSPS) is 13.7. The number of carbonyl (C=O) groups is 1. The quantitative estimate of drug-likeness (QED) is 0.374. The first-order chi connectivity index (χ1) is 17.7. The lowest BCUT2D eigenvalue weighted by atomic mass is 10.1. The number of anilines is 3. The van der Waals surface area contributed by atoms with E-state index >= 15 is 0 Å². The zero-order chi connectivity index (χ0) is 25.2. The van der Waals surface area contributed by atoms with Crippen molar-refractivity contribution in [1.29, 1.82) is 0 Å². The van der Waals surface area contributed by atoms with E-state index < -0.39 is 0 Å². The Hall–Kier alpha value is -3.69. The third kappa shape index (κ3) is 6.93. The molecule has 0 saturated carbocycles. The van der Waals surface area contributed by atoms with Crippen molar-refractivity contribution in [3.05, 3.63) is 60.3 Å². The van der Waals surface area contributed by atoms with E-state index in [-0.39, 0.29) is 6.03 Å². The molecule has 1 fully saturated rings. The van der Waals surface area contributed by atoms with Gasteiger partial charge in [0.25, 0.3) is 0 Å². The molecule has 0 aliphatic carbocycles. The molecule has 0 radical (unpaired) electrons. The second kappa shape index (κ2) is 12.9. The average Bonchev–Trinajstić information content (AvgIpc) is 2.90. The number of benzene rings is 2. The Morgan fingerprint density at radius 2 is 1.67 bits per heavy atom. The molecule has 0 unspecified atom stereocenters. The molecular weight excluding hydrogens is 456 g/mol. The molecule has 4 rings (SSSR count). The van der Waals surface area contributed by atoms with Gasteiger partial charge in [0.1, 0.15) is 5.69 Å². The molecule has 2 amide bonds. The van der Waals surface area contributed by atoms with Gasteiger partial charge in [0.05, 0.1) is 19.8 Å². The molecule has 9 nitrogen and oxygen atoms in total. The van der Waals surface area contributed by atoms with Crippen molar-refractivity contribution >= 4 is 23.2 Å². The first-order valence-corrected chi connectivity index (χ1v) is 12.5. The molecular formula is C27H34N6O3. The number of nitrogens with zero attached hydrogens (tertiary/aromatic N) is 3. The van der Waals surface area contributed by atoms with Gasteiger partial charge in [-0.1, -0.05) is 25.1 Å². The van der Waals surface area contributed by atoms with Crippen LogP contribution in [0.4, 0.5) is 22.0 Å². The number of morpholine rings is 1. The zero-order valence-electron chi connectivity index (χ0n) is 20.9. The monoisotopic (exact) mass is 490 g/mol. The van der Waals surface area contributed by atoms with Crippen molar-refractivity contribution < 1.29 is 14.3 Å².